The molecule has 1 rings (SSSR count). The molecule has 0 saturated heterocycles. The zero-order chi connectivity index (χ0) is 8.10. The number of hydrogen-bond donors (Lipinski definition) is 0. The van der Waals surface area contributed by atoms with Crippen molar-refractivity contribution < 1.29 is 4.52 Å². The molecule has 11 heavy (non-hydrogen) atoms. The van der Waals surface area contributed by atoms with Gasteiger partial charge in [0.15, 0.2) is 0 Å². The summed E-state index contributed by atoms with van der Waals surface area (Å²) in [4.78, 5) is 0. The van der Waals surface area contributed by atoms with Crippen LogP contribution in [0.15, 0.2) is 10.6 Å². The number of alkyl halides is 1. The molecule has 0 radical (unpaired) electrons. The van der Waals surface area contributed by atoms with Crippen LogP contribution >= 0.6 is 15.9 Å². The SMILES string of the molecule is Cc1cc(CCCCBr)on1. The molecule has 0 amide bonds. The van der Waals surface area contributed by atoms with E-state index >= 15 is 0 Å². The summed E-state index contributed by atoms with van der Waals surface area (Å²) in [5, 5.41) is 4.88. The van der Waals surface area contributed by atoms with Crippen molar-refractivity contribution >= 4 is 15.9 Å². The smallest absolute Gasteiger partial charge is 0.136 e. The summed E-state index contributed by atoms with van der Waals surface area (Å²) in [6, 6.07) is 1.99. The molecule has 0 saturated carbocycles. The first-order valence-electron chi connectivity index (χ1n) is 3.81. The molecule has 0 bridgehead atoms. The Labute approximate surface area is 75.1 Å². The van der Waals surface area contributed by atoms with Crippen molar-refractivity contribution in [1.29, 1.82) is 0 Å². The Morgan fingerprint density at radius 3 is 2.91 bits per heavy atom. The third-order valence-corrected chi connectivity index (χ3v) is 2.04. The lowest BCUT2D eigenvalue weighted by molar-refractivity contribution is 0.377. The summed E-state index contributed by atoms with van der Waals surface area (Å²) >= 11 is 3.38. The van der Waals surface area contributed by atoms with Gasteiger partial charge in [0.1, 0.15) is 5.76 Å². The fourth-order valence-electron chi connectivity index (χ4n) is 0.928. The Morgan fingerprint density at radius 2 is 2.36 bits per heavy atom. The molecule has 0 aliphatic heterocycles. The van der Waals surface area contributed by atoms with E-state index in [2.05, 4.69) is 21.1 Å². The Bertz CT molecular complexity index is 210. The largest absolute Gasteiger partial charge is 0.361 e. The number of unbranched alkanes of at least 4 members (excludes halogenated alkanes) is 1. The minimum atomic E-state index is 0.971. The van der Waals surface area contributed by atoms with Crippen LogP contribution in [0.2, 0.25) is 0 Å². The minimum Gasteiger partial charge on any atom is -0.361 e. The first-order valence-corrected chi connectivity index (χ1v) is 4.93. The van der Waals surface area contributed by atoms with Crippen molar-refractivity contribution in [1.82, 2.24) is 5.16 Å². The van der Waals surface area contributed by atoms with E-state index in [0.717, 1.165) is 23.2 Å². The third kappa shape index (κ3) is 3.06. The van der Waals surface area contributed by atoms with Crippen LogP contribution in [0.4, 0.5) is 0 Å². The highest BCUT2D eigenvalue weighted by atomic mass is 79.9. The van der Waals surface area contributed by atoms with Crippen LogP contribution in [0.1, 0.15) is 24.3 Å². The maximum absolute atomic E-state index is 5.05. The molecular weight excluding hydrogens is 206 g/mol. The molecule has 2 nitrogen and oxygen atoms in total. The van der Waals surface area contributed by atoms with Crippen LogP contribution in [0.5, 0.6) is 0 Å². The van der Waals surface area contributed by atoms with E-state index in [1.54, 1.807) is 0 Å². The van der Waals surface area contributed by atoms with Crippen molar-refractivity contribution in [2.24, 2.45) is 0 Å². The summed E-state index contributed by atoms with van der Waals surface area (Å²) in [7, 11) is 0. The van der Waals surface area contributed by atoms with Gasteiger partial charge in [0.25, 0.3) is 0 Å². The van der Waals surface area contributed by atoms with Gasteiger partial charge in [-0.2, -0.15) is 0 Å². The second kappa shape index (κ2) is 4.54. The van der Waals surface area contributed by atoms with Gasteiger partial charge in [-0.3, -0.25) is 0 Å². The molecule has 0 aromatic carbocycles. The van der Waals surface area contributed by atoms with Gasteiger partial charge in [-0.15, -0.1) is 0 Å². The molecule has 1 aromatic rings. The first kappa shape index (κ1) is 8.78. The molecule has 1 aromatic heterocycles. The summed E-state index contributed by atoms with van der Waals surface area (Å²) in [6.45, 7) is 1.94. The Morgan fingerprint density at radius 1 is 1.55 bits per heavy atom. The standard InChI is InChI=1S/C8H12BrNO/c1-7-6-8(11-10-7)4-2-3-5-9/h6H,2-5H2,1H3. The zero-order valence-electron chi connectivity index (χ0n) is 6.64. The predicted molar refractivity (Wildman–Crippen MR) is 48.0 cm³/mol. The zero-order valence-corrected chi connectivity index (χ0v) is 8.23. The molecule has 0 spiro atoms. The van der Waals surface area contributed by atoms with E-state index in [9.17, 15) is 0 Å². The number of hydrogen-bond acceptors (Lipinski definition) is 2. The van der Waals surface area contributed by atoms with Gasteiger partial charge in [0, 0.05) is 17.8 Å². The molecular formula is C8H12BrNO. The number of nitrogens with zero attached hydrogens (tertiary/aromatic N) is 1. The van der Waals surface area contributed by atoms with Gasteiger partial charge in [0.2, 0.25) is 0 Å². The van der Waals surface area contributed by atoms with Gasteiger partial charge in [-0.25, -0.2) is 0 Å². The van der Waals surface area contributed by atoms with Crippen LogP contribution < -0.4 is 0 Å². The predicted octanol–water partition coefficient (Wildman–Crippen LogP) is 2.70. The van der Waals surface area contributed by atoms with Crippen molar-refractivity contribution in [3.63, 3.8) is 0 Å². The van der Waals surface area contributed by atoms with Gasteiger partial charge < -0.3 is 4.52 Å². The number of halogens is 1. The quantitative estimate of drug-likeness (QED) is 0.573. The van der Waals surface area contributed by atoms with Gasteiger partial charge >= 0.3 is 0 Å². The highest BCUT2D eigenvalue weighted by Gasteiger charge is 1.98. The highest BCUT2D eigenvalue weighted by molar-refractivity contribution is 9.09. The average Bonchev–Trinajstić information content (AvgIpc) is 2.37. The fourth-order valence-corrected chi connectivity index (χ4v) is 1.32. The second-order valence-corrected chi connectivity index (χ2v) is 3.37. The maximum Gasteiger partial charge on any atom is 0.136 e. The Kier molecular flexibility index (Phi) is 3.63. The van der Waals surface area contributed by atoms with Crippen molar-refractivity contribution in [3.8, 4) is 0 Å². The van der Waals surface area contributed by atoms with E-state index in [1.165, 1.54) is 12.8 Å². The molecule has 0 fully saturated rings. The van der Waals surface area contributed by atoms with Crippen molar-refractivity contribution in [2.45, 2.75) is 26.2 Å². The average molecular weight is 218 g/mol. The number of aryl methyl sites for hydroxylation is 2. The van der Waals surface area contributed by atoms with Crippen LogP contribution in [-0.4, -0.2) is 10.5 Å². The van der Waals surface area contributed by atoms with E-state index in [1.807, 2.05) is 13.0 Å². The lowest BCUT2D eigenvalue weighted by atomic mass is 10.2. The topological polar surface area (TPSA) is 26.0 Å². The third-order valence-electron chi connectivity index (χ3n) is 1.48. The van der Waals surface area contributed by atoms with E-state index in [4.69, 9.17) is 4.52 Å². The first-order chi connectivity index (χ1) is 5.33. The fraction of sp³-hybridized carbons (Fsp3) is 0.625. The molecule has 0 N–H and O–H groups in total. The van der Waals surface area contributed by atoms with E-state index in [0.29, 0.717) is 0 Å². The van der Waals surface area contributed by atoms with Crippen molar-refractivity contribution in [2.75, 3.05) is 5.33 Å². The van der Waals surface area contributed by atoms with Crippen LogP contribution in [-0.2, 0) is 6.42 Å². The van der Waals surface area contributed by atoms with E-state index < -0.39 is 0 Å². The van der Waals surface area contributed by atoms with Gasteiger partial charge in [-0.05, 0) is 19.8 Å². The minimum absolute atomic E-state index is 0.971. The molecule has 0 unspecified atom stereocenters. The van der Waals surface area contributed by atoms with Crippen LogP contribution in [0.3, 0.4) is 0 Å². The molecule has 0 aliphatic carbocycles. The van der Waals surface area contributed by atoms with Crippen LogP contribution in [0.25, 0.3) is 0 Å². The Hall–Kier alpha value is -0.310. The second-order valence-electron chi connectivity index (χ2n) is 2.58. The summed E-state index contributed by atoms with van der Waals surface area (Å²) in [6.07, 6.45) is 3.37. The Balaban J connectivity index is 2.27. The lowest BCUT2D eigenvalue weighted by Gasteiger charge is -1.91. The molecule has 0 atom stereocenters. The summed E-state index contributed by atoms with van der Waals surface area (Å²) in [5.74, 6) is 1.00. The lowest BCUT2D eigenvalue weighted by Crippen LogP contribution is -1.82. The normalized spacial score (nSPS) is 10.4. The van der Waals surface area contributed by atoms with E-state index in [-0.39, 0.29) is 0 Å². The highest BCUT2D eigenvalue weighted by Crippen LogP contribution is 2.07. The van der Waals surface area contributed by atoms with Crippen molar-refractivity contribution in [3.05, 3.63) is 17.5 Å². The summed E-state index contributed by atoms with van der Waals surface area (Å²) < 4.78 is 5.05. The molecule has 62 valence electrons. The van der Waals surface area contributed by atoms with Crippen LogP contribution in [0, 0.1) is 6.92 Å². The number of rotatable bonds is 4. The monoisotopic (exact) mass is 217 g/mol. The molecule has 3 heteroatoms. The van der Waals surface area contributed by atoms with Gasteiger partial charge in [0.05, 0.1) is 5.69 Å². The summed E-state index contributed by atoms with van der Waals surface area (Å²) in [5.41, 5.74) is 0.971. The number of aromatic nitrogens is 1. The maximum atomic E-state index is 5.05. The van der Waals surface area contributed by atoms with Gasteiger partial charge in [-0.1, -0.05) is 21.1 Å². The molecule has 0 aliphatic rings. The molecule has 1 heterocycles.